The van der Waals surface area contributed by atoms with Crippen LogP contribution >= 0.6 is 11.3 Å². The number of benzene rings is 8. The first-order chi connectivity index (χ1) is 28.7. The molecule has 0 saturated heterocycles. The zero-order chi connectivity index (χ0) is 38.2. The molecule has 4 nitrogen and oxygen atoms in total. The second-order valence-corrected chi connectivity index (χ2v) is 16.1. The fourth-order valence-electron chi connectivity index (χ4n) is 9.01. The highest BCUT2D eigenvalue weighted by Gasteiger charge is 2.21. The maximum atomic E-state index is 6.32. The number of oxazole rings is 1. The molecule has 0 unspecified atom stereocenters. The lowest BCUT2D eigenvalue weighted by Crippen LogP contribution is -2.10. The Labute approximate surface area is 339 Å². The molecule has 0 bridgehead atoms. The standard InChI is InChI=1S/C53H35N3OS/c1-3-12-36(13-4-1)53-54-52-48(57-53)31-24-35-14-11-19-41(51(35)52)34-22-25-38(26-23-34)55(40-28-30-45-44-18-8-10-21-49(44)58-50(45)33-40)39-27-29-43-42-17-7-9-20-46(42)56(47(43)32-39)37-15-5-2-6-16-37/h1-7,9-17,19-33H,8,18H2. The van der Waals surface area contributed by atoms with Gasteiger partial charge in [-0.1, -0.05) is 109 Å². The van der Waals surface area contributed by atoms with E-state index < -0.39 is 0 Å². The van der Waals surface area contributed by atoms with Crippen molar-refractivity contribution in [2.45, 2.75) is 12.8 Å². The summed E-state index contributed by atoms with van der Waals surface area (Å²) >= 11 is 1.90. The molecule has 3 heterocycles. The van der Waals surface area contributed by atoms with E-state index in [9.17, 15) is 0 Å². The van der Waals surface area contributed by atoms with Gasteiger partial charge in [-0.25, -0.2) is 4.98 Å². The Hall–Kier alpha value is -7.21. The molecule has 0 atom stereocenters. The summed E-state index contributed by atoms with van der Waals surface area (Å²) in [6, 6.07) is 63.2. The number of anilines is 3. The highest BCUT2D eigenvalue weighted by Crippen LogP contribution is 2.44. The summed E-state index contributed by atoms with van der Waals surface area (Å²) < 4.78 is 10.0. The van der Waals surface area contributed by atoms with Crippen molar-refractivity contribution in [1.29, 1.82) is 0 Å². The fraction of sp³-hybridized carbons (Fsp3) is 0.0377. The summed E-state index contributed by atoms with van der Waals surface area (Å²) in [6.45, 7) is 0. The van der Waals surface area contributed by atoms with Gasteiger partial charge in [-0.15, -0.1) is 11.3 Å². The van der Waals surface area contributed by atoms with Crippen LogP contribution in [0.25, 0.3) is 88.1 Å². The lowest BCUT2D eigenvalue weighted by Gasteiger charge is -2.26. The van der Waals surface area contributed by atoms with Crippen LogP contribution in [-0.4, -0.2) is 9.55 Å². The molecule has 0 saturated carbocycles. The van der Waals surface area contributed by atoms with E-state index in [-0.39, 0.29) is 0 Å². The Morgan fingerprint density at radius 3 is 2.19 bits per heavy atom. The van der Waals surface area contributed by atoms with Gasteiger partial charge < -0.3 is 13.9 Å². The van der Waals surface area contributed by atoms with Gasteiger partial charge in [-0.05, 0) is 119 Å². The second kappa shape index (κ2) is 13.2. The monoisotopic (exact) mass is 761 g/mol. The van der Waals surface area contributed by atoms with Gasteiger partial charge in [-0.2, -0.15) is 0 Å². The van der Waals surface area contributed by atoms with Crippen LogP contribution in [0.1, 0.15) is 16.9 Å². The maximum absolute atomic E-state index is 6.32. The van der Waals surface area contributed by atoms with Gasteiger partial charge in [-0.3, -0.25) is 0 Å². The third-order valence-electron chi connectivity index (χ3n) is 11.7. The zero-order valence-electron chi connectivity index (χ0n) is 31.5. The third kappa shape index (κ3) is 5.24. The highest BCUT2D eigenvalue weighted by molar-refractivity contribution is 7.20. The number of thiophene rings is 1. The van der Waals surface area contributed by atoms with Crippen LogP contribution in [0.15, 0.2) is 186 Å². The van der Waals surface area contributed by atoms with Crippen LogP contribution in [-0.2, 0) is 6.42 Å². The van der Waals surface area contributed by atoms with E-state index in [1.807, 2.05) is 47.7 Å². The van der Waals surface area contributed by atoms with Crippen molar-refractivity contribution >= 4 is 88.2 Å². The average molecular weight is 762 g/mol. The number of hydrogen-bond acceptors (Lipinski definition) is 4. The number of fused-ring (bicyclic) bond motifs is 9. The van der Waals surface area contributed by atoms with E-state index in [2.05, 4.69) is 161 Å². The molecule has 0 spiro atoms. The van der Waals surface area contributed by atoms with Crippen LogP contribution in [0.2, 0.25) is 0 Å². The van der Waals surface area contributed by atoms with Gasteiger partial charge in [0.2, 0.25) is 5.89 Å². The van der Waals surface area contributed by atoms with Crippen molar-refractivity contribution < 1.29 is 4.42 Å². The molecule has 11 aromatic rings. The Morgan fingerprint density at radius 1 is 0.586 bits per heavy atom. The molecular weight excluding hydrogens is 727 g/mol. The molecule has 0 aliphatic heterocycles. The molecule has 58 heavy (non-hydrogen) atoms. The van der Waals surface area contributed by atoms with Crippen molar-refractivity contribution in [3.05, 3.63) is 192 Å². The molecule has 0 radical (unpaired) electrons. The van der Waals surface area contributed by atoms with Crippen molar-refractivity contribution in [1.82, 2.24) is 9.55 Å². The van der Waals surface area contributed by atoms with Crippen LogP contribution in [0.4, 0.5) is 17.1 Å². The van der Waals surface area contributed by atoms with Gasteiger partial charge in [0.05, 0.1) is 11.0 Å². The molecule has 12 rings (SSSR count). The quantitative estimate of drug-likeness (QED) is 0.169. The van der Waals surface area contributed by atoms with Crippen molar-refractivity contribution in [3.8, 4) is 28.3 Å². The number of rotatable bonds is 6. The van der Waals surface area contributed by atoms with Crippen LogP contribution in [0, 0.1) is 0 Å². The van der Waals surface area contributed by atoms with E-state index in [0.717, 1.165) is 74.2 Å². The lowest BCUT2D eigenvalue weighted by molar-refractivity contribution is 0.620. The average Bonchev–Trinajstić information content (AvgIpc) is 3.99. The summed E-state index contributed by atoms with van der Waals surface area (Å²) in [5.74, 6) is 0.631. The molecular formula is C53H35N3OS. The van der Waals surface area contributed by atoms with Gasteiger partial charge in [0.15, 0.2) is 5.58 Å². The van der Waals surface area contributed by atoms with Crippen molar-refractivity contribution in [3.63, 3.8) is 0 Å². The summed E-state index contributed by atoms with van der Waals surface area (Å²) in [4.78, 5) is 8.86. The smallest absolute Gasteiger partial charge is 0.227 e. The molecule has 1 aliphatic carbocycles. The predicted molar refractivity (Wildman–Crippen MR) is 244 cm³/mol. The first-order valence-electron chi connectivity index (χ1n) is 19.8. The van der Waals surface area contributed by atoms with E-state index >= 15 is 0 Å². The third-order valence-corrected chi connectivity index (χ3v) is 12.8. The Kier molecular flexibility index (Phi) is 7.50. The number of nitrogens with zero attached hydrogens (tertiary/aromatic N) is 3. The van der Waals surface area contributed by atoms with Crippen LogP contribution < -0.4 is 4.90 Å². The van der Waals surface area contributed by atoms with Gasteiger partial charge in [0.25, 0.3) is 0 Å². The van der Waals surface area contributed by atoms with Crippen LogP contribution in [0.5, 0.6) is 0 Å². The molecule has 0 N–H and O–H groups in total. The van der Waals surface area contributed by atoms with Gasteiger partial charge in [0.1, 0.15) is 5.52 Å². The van der Waals surface area contributed by atoms with Crippen molar-refractivity contribution in [2.24, 2.45) is 0 Å². The summed E-state index contributed by atoms with van der Waals surface area (Å²) in [6.07, 6.45) is 6.80. The Morgan fingerprint density at radius 2 is 1.33 bits per heavy atom. The maximum Gasteiger partial charge on any atom is 0.227 e. The first kappa shape index (κ1) is 33.0. The summed E-state index contributed by atoms with van der Waals surface area (Å²) in [5, 5.41) is 6.07. The van der Waals surface area contributed by atoms with E-state index in [1.165, 1.54) is 42.3 Å². The number of aromatic nitrogens is 2. The van der Waals surface area contributed by atoms with Gasteiger partial charge in [0, 0.05) is 54.0 Å². The molecule has 1 aliphatic rings. The molecule has 3 aromatic heterocycles. The molecule has 274 valence electrons. The van der Waals surface area contributed by atoms with E-state index in [4.69, 9.17) is 9.40 Å². The summed E-state index contributed by atoms with van der Waals surface area (Å²) in [5.41, 5.74) is 13.2. The first-order valence-corrected chi connectivity index (χ1v) is 20.7. The Balaban J connectivity index is 1.03. The minimum atomic E-state index is 0.631. The SMILES string of the molecule is C1=Cc2sc3cc(N(c4ccc(-c5cccc6ccc7oc(-c8ccccc8)nc7c56)cc4)c4ccc5c6ccccc6n(-c6ccccc6)c5c4)ccc3c2CC1. The summed E-state index contributed by atoms with van der Waals surface area (Å²) in [7, 11) is 0. The zero-order valence-corrected chi connectivity index (χ0v) is 32.3. The topological polar surface area (TPSA) is 34.2 Å². The van der Waals surface area contributed by atoms with E-state index in [0.29, 0.717) is 5.89 Å². The normalized spacial score (nSPS) is 12.6. The van der Waals surface area contributed by atoms with Crippen LogP contribution in [0.3, 0.4) is 0 Å². The second-order valence-electron chi connectivity index (χ2n) is 15.0. The number of para-hydroxylation sites is 2. The number of hydrogen-bond donors (Lipinski definition) is 0. The Bertz CT molecular complexity index is 3390. The predicted octanol–water partition coefficient (Wildman–Crippen LogP) is 15.1. The number of aryl methyl sites for hydroxylation is 1. The molecule has 5 heteroatoms. The molecule has 0 amide bonds. The van der Waals surface area contributed by atoms with Crippen molar-refractivity contribution in [2.75, 3.05) is 4.90 Å². The molecule has 8 aromatic carbocycles. The molecule has 0 fully saturated rings. The fourth-order valence-corrected chi connectivity index (χ4v) is 10.2. The van der Waals surface area contributed by atoms with E-state index in [1.54, 1.807) is 0 Å². The largest absolute Gasteiger partial charge is 0.436 e. The van der Waals surface area contributed by atoms with Gasteiger partial charge >= 0.3 is 0 Å². The number of allylic oxidation sites excluding steroid dienone is 1. The minimum Gasteiger partial charge on any atom is -0.436 e. The lowest BCUT2D eigenvalue weighted by atomic mass is 9.97. The highest BCUT2D eigenvalue weighted by atomic mass is 32.1. The minimum absolute atomic E-state index is 0.631.